The smallest absolute Gasteiger partial charge is 0.0937 e. The molecule has 0 bridgehead atoms. The maximum atomic E-state index is 6.34. The summed E-state index contributed by atoms with van der Waals surface area (Å²) in [5.41, 5.74) is 1.28. The Morgan fingerprint density at radius 1 is 1.23 bits per heavy atom. The van der Waals surface area contributed by atoms with Crippen LogP contribution in [0.1, 0.15) is 43.6 Å². The van der Waals surface area contributed by atoms with Gasteiger partial charge >= 0.3 is 0 Å². The molecule has 0 aliphatic heterocycles. The van der Waals surface area contributed by atoms with Crippen LogP contribution in [-0.2, 0) is 0 Å². The van der Waals surface area contributed by atoms with Crippen LogP contribution in [0.2, 0.25) is 0 Å². The molecule has 13 heavy (non-hydrogen) atoms. The van der Waals surface area contributed by atoms with Crippen molar-refractivity contribution >= 4 is 11.6 Å². The maximum absolute atomic E-state index is 6.34. The lowest BCUT2D eigenvalue weighted by atomic mass is 9.94. The van der Waals surface area contributed by atoms with Crippen LogP contribution in [0.5, 0.6) is 0 Å². The molecule has 1 nitrogen and oxygen atoms in total. The predicted molar refractivity (Wildman–Crippen MR) is 54.2 cm³/mol. The first-order valence-electron chi connectivity index (χ1n) is 5.04. The molecule has 0 radical (unpaired) electrons. The van der Waals surface area contributed by atoms with Crippen molar-refractivity contribution in [3.05, 3.63) is 24.2 Å². The Labute approximate surface area is 84.1 Å². The van der Waals surface area contributed by atoms with Gasteiger partial charge in [-0.2, -0.15) is 0 Å². The first-order valence-corrected chi connectivity index (χ1v) is 5.48. The summed E-state index contributed by atoms with van der Waals surface area (Å²) >= 11 is 6.34. The van der Waals surface area contributed by atoms with E-state index in [1.165, 1.54) is 31.2 Å². The lowest BCUT2D eigenvalue weighted by molar-refractivity contribution is 0.546. The average Bonchev–Trinajstić information content (AvgIpc) is 2.56. The van der Waals surface area contributed by atoms with Gasteiger partial charge in [0.1, 0.15) is 0 Å². The van der Waals surface area contributed by atoms with E-state index in [0.29, 0.717) is 11.3 Å². The van der Waals surface area contributed by atoms with E-state index in [0.717, 1.165) is 6.42 Å². The molecule has 0 saturated heterocycles. The summed E-state index contributed by atoms with van der Waals surface area (Å²) in [6, 6.07) is 2.05. The summed E-state index contributed by atoms with van der Waals surface area (Å²) < 4.78 is 5.10. The second kappa shape index (κ2) is 4.19. The molecule has 1 saturated carbocycles. The van der Waals surface area contributed by atoms with Gasteiger partial charge in [0.15, 0.2) is 0 Å². The SMILES string of the molecule is ClC1CCCCCC1c1ccoc1. The normalized spacial score (nSPS) is 29.9. The van der Waals surface area contributed by atoms with E-state index in [-0.39, 0.29) is 0 Å². The van der Waals surface area contributed by atoms with Gasteiger partial charge in [0.25, 0.3) is 0 Å². The van der Waals surface area contributed by atoms with Crippen LogP contribution in [-0.4, -0.2) is 5.38 Å². The monoisotopic (exact) mass is 198 g/mol. The van der Waals surface area contributed by atoms with Crippen molar-refractivity contribution in [1.29, 1.82) is 0 Å². The van der Waals surface area contributed by atoms with E-state index in [1.807, 2.05) is 12.3 Å². The second-order valence-corrected chi connectivity index (χ2v) is 4.38. The van der Waals surface area contributed by atoms with Gasteiger partial charge in [-0.15, -0.1) is 11.6 Å². The fourth-order valence-corrected chi connectivity index (χ4v) is 2.55. The van der Waals surface area contributed by atoms with Crippen LogP contribution in [0, 0.1) is 0 Å². The van der Waals surface area contributed by atoms with E-state index < -0.39 is 0 Å². The Balaban J connectivity index is 2.11. The van der Waals surface area contributed by atoms with Crippen LogP contribution in [0.3, 0.4) is 0 Å². The predicted octanol–water partition coefficient (Wildman–Crippen LogP) is 3.93. The van der Waals surface area contributed by atoms with Crippen LogP contribution in [0.4, 0.5) is 0 Å². The summed E-state index contributed by atoms with van der Waals surface area (Å²) in [4.78, 5) is 0. The number of furan rings is 1. The molecule has 0 N–H and O–H groups in total. The topological polar surface area (TPSA) is 13.1 Å². The van der Waals surface area contributed by atoms with Crippen LogP contribution in [0.15, 0.2) is 23.0 Å². The van der Waals surface area contributed by atoms with Gasteiger partial charge in [0.2, 0.25) is 0 Å². The van der Waals surface area contributed by atoms with E-state index in [4.69, 9.17) is 16.0 Å². The lowest BCUT2D eigenvalue weighted by Gasteiger charge is -2.17. The first-order chi connectivity index (χ1) is 6.38. The van der Waals surface area contributed by atoms with E-state index in [1.54, 1.807) is 6.26 Å². The Morgan fingerprint density at radius 2 is 2.08 bits per heavy atom. The molecule has 0 amide bonds. The third-order valence-corrected chi connectivity index (χ3v) is 3.43. The molecule has 0 aromatic carbocycles. The van der Waals surface area contributed by atoms with Gasteiger partial charge in [-0.05, 0) is 24.5 Å². The van der Waals surface area contributed by atoms with Gasteiger partial charge in [0, 0.05) is 11.3 Å². The molecule has 2 unspecified atom stereocenters. The van der Waals surface area contributed by atoms with Gasteiger partial charge in [0.05, 0.1) is 12.5 Å². The summed E-state index contributed by atoms with van der Waals surface area (Å²) in [5.74, 6) is 0.517. The summed E-state index contributed by atoms with van der Waals surface area (Å²) in [6.07, 6.45) is 9.86. The minimum Gasteiger partial charge on any atom is -0.472 e. The Hall–Kier alpha value is -0.430. The van der Waals surface area contributed by atoms with Crippen molar-refractivity contribution in [3.63, 3.8) is 0 Å². The zero-order valence-corrected chi connectivity index (χ0v) is 8.46. The van der Waals surface area contributed by atoms with Crippen molar-refractivity contribution in [1.82, 2.24) is 0 Å². The number of hydrogen-bond donors (Lipinski definition) is 0. The van der Waals surface area contributed by atoms with Gasteiger partial charge < -0.3 is 4.42 Å². The number of rotatable bonds is 1. The van der Waals surface area contributed by atoms with Crippen molar-refractivity contribution in [2.24, 2.45) is 0 Å². The van der Waals surface area contributed by atoms with Crippen LogP contribution < -0.4 is 0 Å². The van der Waals surface area contributed by atoms with E-state index >= 15 is 0 Å². The third kappa shape index (κ3) is 2.08. The molecular formula is C11H15ClO. The molecule has 1 aliphatic carbocycles. The summed E-state index contributed by atoms with van der Waals surface area (Å²) in [5, 5.41) is 0.306. The number of alkyl halides is 1. The highest BCUT2D eigenvalue weighted by atomic mass is 35.5. The molecule has 1 aromatic rings. The summed E-state index contributed by atoms with van der Waals surface area (Å²) in [6.45, 7) is 0. The zero-order valence-electron chi connectivity index (χ0n) is 7.71. The highest BCUT2D eigenvalue weighted by molar-refractivity contribution is 6.21. The fraction of sp³-hybridized carbons (Fsp3) is 0.636. The van der Waals surface area contributed by atoms with Gasteiger partial charge in [-0.25, -0.2) is 0 Å². The minimum absolute atomic E-state index is 0.306. The van der Waals surface area contributed by atoms with E-state index in [2.05, 4.69) is 0 Å². The van der Waals surface area contributed by atoms with Crippen molar-refractivity contribution in [3.8, 4) is 0 Å². The highest BCUT2D eigenvalue weighted by Gasteiger charge is 2.23. The fourth-order valence-electron chi connectivity index (χ4n) is 2.12. The summed E-state index contributed by atoms with van der Waals surface area (Å²) in [7, 11) is 0. The Morgan fingerprint density at radius 3 is 2.85 bits per heavy atom. The Bertz CT molecular complexity index is 243. The van der Waals surface area contributed by atoms with Crippen molar-refractivity contribution < 1.29 is 4.42 Å². The van der Waals surface area contributed by atoms with Gasteiger partial charge in [-0.1, -0.05) is 19.3 Å². The largest absolute Gasteiger partial charge is 0.472 e. The molecule has 72 valence electrons. The molecular weight excluding hydrogens is 184 g/mol. The number of halogens is 1. The molecule has 1 aliphatic rings. The van der Waals surface area contributed by atoms with Crippen LogP contribution >= 0.6 is 11.6 Å². The highest BCUT2D eigenvalue weighted by Crippen LogP contribution is 2.35. The molecule has 2 heteroatoms. The lowest BCUT2D eigenvalue weighted by Crippen LogP contribution is -2.10. The quantitative estimate of drug-likeness (QED) is 0.492. The first kappa shape index (κ1) is 9.14. The second-order valence-electron chi connectivity index (χ2n) is 3.82. The zero-order chi connectivity index (χ0) is 9.10. The molecule has 0 spiro atoms. The molecule has 1 aromatic heterocycles. The third-order valence-electron chi connectivity index (χ3n) is 2.90. The van der Waals surface area contributed by atoms with Crippen molar-refractivity contribution in [2.45, 2.75) is 43.4 Å². The van der Waals surface area contributed by atoms with E-state index in [9.17, 15) is 0 Å². The molecule has 1 fully saturated rings. The molecule has 1 heterocycles. The maximum Gasteiger partial charge on any atom is 0.0937 e. The minimum atomic E-state index is 0.306. The Kier molecular flexibility index (Phi) is 2.94. The molecule has 2 atom stereocenters. The van der Waals surface area contributed by atoms with Crippen molar-refractivity contribution in [2.75, 3.05) is 0 Å². The average molecular weight is 199 g/mol. The molecule has 2 rings (SSSR count). The number of hydrogen-bond acceptors (Lipinski definition) is 1. The standard InChI is InChI=1S/C11H15ClO/c12-11-5-3-1-2-4-10(11)9-6-7-13-8-9/h6-8,10-11H,1-5H2. The van der Waals surface area contributed by atoms with Crippen LogP contribution in [0.25, 0.3) is 0 Å². The van der Waals surface area contributed by atoms with Gasteiger partial charge in [-0.3, -0.25) is 0 Å².